The normalized spacial score (nSPS) is 17.4. The Balaban J connectivity index is 0.975. The molecule has 2 aliphatic heterocycles. The number of H-pyrrole nitrogens is 1. The highest BCUT2D eigenvalue weighted by Gasteiger charge is 2.28. The first-order valence-electron chi connectivity index (χ1n) is 13.5. The lowest BCUT2D eigenvalue weighted by atomic mass is 9.97. The van der Waals surface area contributed by atoms with Crippen LogP contribution in [0.1, 0.15) is 44.7 Å². The highest BCUT2D eigenvalue weighted by atomic mass is 32.1. The lowest BCUT2D eigenvalue weighted by Gasteiger charge is -2.34. The van der Waals surface area contributed by atoms with E-state index in [1.165, 1.54) is 4.88 Å². The predicted octanol–water partition coefficient (Wildman–Crippen LogP) is 4.64. The summed E-state index contributed by atoms with van der Waals surface area (Å²) in [7, 11) is 0. The van der Waals surface area contributed by atoms with E-state index in [2.05, 4.69) is 33.5 Å². The van der Waals surface area contributed by atoms with E-state index in [-0.39, 0.29) is 11.8 Å². The van der Waals surface area contributed by atoms with E-state index in [1.54, 1.807) is 11.3 Å². The fraction of sp³-hybridized carbons (Fsp3) is 0.414. The fourth-order valence-corrected chi connectivity index (χ4v) is 7.22. The number of hydrogen-bond donors (Lipinski definition) is 1. The zero-order valence-electron chi connectivity index (χ0n) is 21.5. The molecule has 0 aliphatic carbocycles. The predicted molar refractivity (Wildman–Crippen MR) is 153 cm³/mol. The van der Waals surface area contributed by atoms with Gasteiger partial charge in [0.2, 0.25) is 5.91 Å². The number of fused-ring (bicyclic) bond motifs is 1. The summed E-state index contributed by atoms with van der Waals surface area (Å²) in [6.07, 6.45) is 5.24. The summed E-state index contributed by atoms with van der Waals surface area (Å²) >= 11 is 3.41. The average molecular weight is 548 g/mol. The molecule has 6 rings (SSSR count). The van der Waals surface area contributed by atoms with Crippen LogP contribution in [0.25, 0.3) is 10.9 Å². The number of aromatic nitrogens is 2. The van der Waals surface area contributed by atoms with Crippen LogP contribution in [-0.2, 0) is 17.6 Å². The fourth-order valence-electron chi connectivity index (χ4n) is 5.56. The number of carbonyl (C=O) groups excluding carboxylic acids is 2. The van der Waals surface area contributed by atoms with E-state index in [4.69, 9.17) is 4.98 Å². The zero-order chi connectivity index (χ0) is 25.9. The number of nitrogens with zero attached hydrogens (tertiary/aromatic N) is 4. The number of hydrogen-bond acceptors (Lipinski definition) is 6. The molecule has 3 aromatic heterocycles. The third-order valence-electron chi connectivity index (χ3n) is 7.87. The molecule has 1 N–H and O–H groups in total. The van der Waals surface area contributed by atoms with Gasteiger partial charge < -0.3 is 14.8 Å². The van der Waals surface area contributed by atoms with Crippen LogP contribution in [0.4, 0.5) is 0 Å². The summed E-state index contributed by atoms with van der Waals surface area (Å²) in [5.74, 6) is 0.544. The molecular weight excluding hydrogens is 514 g/mol. The molecule has 0 atom stereocenters. The Morgan fingerprint density at radius 2 is 1.76 bits per heavy atom. The van der Waals surface area contributed by atoms with Gasteiger partial charge in [-0.15, -0.1) is 22.7 Å². The van der Waals surface area contributed by atoms with Gasteiger partial charge in [-0.2, -0.15) is 0 Å². The molecule has 2 fully saturated rings. The van der Waals surface area contributed by atoms with Gasteiger partial charge in [0, 0.05) is 79.1 Å². The van der Waals surface area contributed by atoms with E-state index in [0.29, 0.717) is 18.0 Å². The van der Waals surface area contributed by atoms with E-state index in [1.807, 2.05) is 50.9 Å². The molecule has 0 radical (unpaired) electrons. The van der Waals surface area contributed by atoms with Crippen molar-refractivity contribution in [2.24, 2.45) is 0 Å². The van der Waals surface area contributed by atoms with Crippen LogP contribution in [0, 0.1) is 0 Å². The maximum Gasteiger partial charge on any atom is 0.273 e. The van der Waals surface area contributed by atoms with Gasteiger partial charge in [-0.1, -0.05) is 24.3 Å². The molecule has 0 spiro atoms. The number of piperazine rings is 1. The lowest BCUT2D eigenvalue weighted by molar-refractivity contribution is -0.131. The summed E-state index contributed by atoms with van der Waals surface area (Å²) in [4.78, 5) is 42.0. The van der Waals surface area contributed by atoms with Crippen molar-refractivity contribution in [1.29, 1.82) is 0 Å². The van der Waals surface area contributed by atoms with Gasteiger partial charge in [0.25, 0.3) is 5.91 Å². The number of piperidine rings is 1. The second-order valence-corrected chi connectivity index (χ2v) is 12.1. The Hall–Kier alpha value is -3.01. The first-order chi connectivity index (χ1) is 18.6. The number of nitrogens with one attached hydrogen (secondary N) is 1. The molecule has 4 aromatic rings. The Labute approximate surface area is 231 Å². The molecule has 7 nitrogen and oxygen atoms in total. The molecule has 2 amide bonds. The van der Waals surface area contributed by atoms with Crippen LogP contribution in [0.3, 0.4) is 0 Å². The van der Waals surface area contributed by atoms with Crippen molar-refractivity contribution in [1.82, 2.24) is 24.7 Å². The van der Waals surface area contributed by atoms with Gasteiger partial charge in [-0.25, -0.2) is 4.98 Å². The molecule has 0 unspecified atom stereocenters. The number of thiophene rings is 1. The molecule has 2 saturated heterocycles. The van der Waals surface area contributed by atoms with Crippen LogP contribution in [0.2, 0.25) is 0 Å². The van der Waals surface area contributed by atoms with E-state index >= 15 is 0 Å². The number of aromatic amines is 1. The maximum atomic E-state index is 13.1. The van der Waals surface area contributed by atoms with Crippen LogP contribution < -0.4 is 0 Å². The van der Waals surface area contributed by atoms with Crippen molar-refractivity contribution >= 4 is 45.4 Å². The summed E-state index contributed by atoms with van der Waals surface area (Å²) < 4.78 is 0. The zero-order valence-corrected chi connectivity index (χ0v) is 23.1. The summed E-state index contributed by atoms with van der Waals surface area (Å²) in [6, 6.07) is 12.4. The number of rotatable bonds is 7. The van der Waals surface area contributed by atoms with Crippen LogP contribution in [-0.4, -0.2) is 82.3 Å². The van der Waals surface area contributed by atoms with Crippen molar-refractivity contribution < 1.29 is 9.59 Å². The van der Waals surface area contributed by atoms with E-state index < -0.39 is 0 Å². The number of para-hydroxylation sites is 1. The third-order valence-corrected chi connectivity index (χ3v) is 9.81. The minimum absolute atomic E-state index is 0.0525. The summed E-state index contributed by atoms with van der Waals surface area (Å²) in [5.41, 5.74) is 2.70. The molecule has 5 heterocycles. The van der Waals surface area contributed by atoms with Crippen molar-refractivity contribution in [2.45, 2.75) is 31.6 Å². The summed E-state index contributed by atoms with van der Waals surface area (Å²) in [6.45, 7) is 5.87. The van der Waals surface area contributed by atoms with Gasteiger partial charge in [0.15, 0.2) is 0 Å². The quantitative estimate of drug-likeness (QED) is 0.366. The summed E-state index contributed by atoms with van der Waals surface area (Å²) in [5, 5.41) is 6.21. The largest absolute Gasteiger partial charge is 0.361 e. The monoisotopic (exact) mass is 547 g/mol. The number of likely N-dealkylation sites (tertiary alicyclic amines) is 1. The van der Waals surface area contributed by atoms with Crippen LogP contribution in [0.15, 0.2) is 53.4 Å². The lowest BCUT2D eigenvalue weighted by Crippen LogP contribution is -2.49. The number of carbonyl (C=O) groups is 2. The van der Waals surface area contributed by atoms with Crippen LogP contribution in [0.5, 0.6) is 0 Å². The Morgan fingerprint density at radius 1 is 0.947 bits per heavy atom. The van der Waals surface area contributed by atoms with Crippen LogP contribution >= 0.6 is 22.7 Å². The van der Waals surface area contributed by atoms with Crippen molar-refractivity contribution in [3.8, 4) is 0 Å². The SMILES string of the molecule is O=C(Cc1c[nH]c2ccccc12)N1CCC(c2nc(C(=O)N3CCN(CCc4cccs4)CC3)cs2)CC1. The Bertz CT molecular complexity index is 1380. The highest BCUT2D eigenvalue weighted by molar-refractivity contribution is 7.10. The number of benzene rings is 1. The van der Waals surface area contributed by atoms with Gasteiger partial charge in [0.1, 0.15) is 5.69 Å². The number of thiazole rings is 1. The maximum absolute atomic E-state index is 13.1. The minimum atomic E-state index is 0.0525. The van der Waals surface area contributed by atoms with Gasteiger partial charge in [-0.05, 0) is 42.3 Å². The molecule has 0 bridgehead atoms. The van der Waals surface area contributed by atoms with Crippen molar-refractivity contribution in [3.63, 3.8) is 0 Å². The van der Waals surface area contributed by atoms with Gasteiger partial charge in [0.05, 0.1) is 11.4 Å². The standard InChI is InChI=1S/C29H33N5O2S2/c35-27(18-22-19-30-25-6-2-1-5-24(22)25)33-11-7-21(8-12-33)28-31-26(20-38-28)29(36)34-15-13-32(14-16-34)10-9-23-4-3-17-37-23/h1-6,17,19-21,30H,7-16,18H2. The number of amides is 2. The highest BCUT2D eigenvalue weighted by Crippen LogP contribution is 2.31. The van der Waals surface area contributed by atoms with Gasteiger partial charge >= 0.3 is 0 Å². The van der Waals surface area contributed by atoms with Crippen molar-refractivity contribution in [3.05, 3.63) is 74.5 Å². The van der Waals surface area contributed by atoms with Crippen molar-refractivity contribution in [2.75, 3.05) is 45.8 Å². The molecule has 1 aromatic carbocycles. The molecule has 0 saturated carbocycles. The third kappa shape index (κ3) is 5.55. The van der Waals surface area contributed by atoms with E-state index in [0.717, 1.165) is 86.5 Å². The van der Waals surface area contributed by atoms with Gasteiger partial charge in [-0.3, -0.25) is 14.5 Å². The molecule has 2 aliphatic rings. The smallest absolute Gasteiger partial charge is 0.273 e. The molecule has 9 heteroatoms. The second kappa shape index (κ2) is 11.4. The Morgan fingerprint density at radius 3 is 2.55 bits per heavy atom. The molecule has 198 valence electrons. The first kappa shape index (κ1) is 25.3. The average Bonchev–Trinajstić information content (AvgIpc) is 3.74. The minimum Gasteiger partial charge on any atom is -0.361 e. The topological polar surface area (TPSA) is 72.5 Å². The second-order valence-electron chi connectivity index (χ2n) is 10.2. The molecule has 38 heavy (non-hydrogen) atoms. The first-order valence-corrected chi connectivity index (χ1v) is 15.2. The van der Waals surface area contributed by atoms with E-state index in [9.17, 15) is 9.59 Å². The Kier molecular flexibility index (Phi) is 7.58. The molecular formula is C29H33N5O2S2.